The van der Waals surface area contributed by atoms with Gasteiger partial charge in [0.1, 0.15) is 18.0 Å². The maximum Gasteiger partial charge on any atom is 0.244 e. The highest BCUT2D eigenvalue weighted by Gasteiger charge is 2.13. The van der Waals surface area contributed by atoms with Crippen LogP contribution in [0.1, 0.15) is 5.69 Å². The van der Waals surface area contributed by atoms with Crippen LogP contribution in [0.15, 0.2) is 35.3 Å². The van der Waals surface area contributed by atoms with E-state index in [2.05, 4.69) is 5.32 Å². The first-order chi connectivity index (χ1) is 12.0. The average Bonchev–Trinajstić information content (AvgIpc) is 2.62. The third kappa shape index (κ3) is 4.30. The molecule has 0 spiro atoms. The fourth-order valence-electron chi connectivity index (χ4n) is 2.29. The van der Waals surface area contributed by atoms with Crippen molar-refractivity contribution in [2.45, 2.75) is 13.2 Å². The van der Waals surface area contributed by atoms with Gasteiger partial charge in [0.15, 0.2) is 5.75 Å². The van der Waals surface area contributed by atoms with Crippen LogP contribution in [0.2, 0.25) is 0 Å². The number of benzene rings is 1. The summed E-state index contributed by atoms with van der Waals surface area (Å²) in [5.74, 6) is 0.766. The van der Waals surface area contributed by atoms with E-state index in [0.717, 1.165) is 0 Å². The van der Waals surface area contributed by atoms with Gasteiger partial charge in [-0.1, -0.05) is 0 Å². The van der Waals surface area contributed by atoms with E-state index in [1.165, 1.54) is 38.2 Å². The first kappa shape index (κ1) is 18.3. The van der Waals surface area contributed by atoms with E-state index < -0.39 is 0 Å². The highest BCUT2D eigenvalue weighted by molar-refractivity contribution is 5.92. The minimum atomic E-state index is -0.380. The Balaban J connectivity index is 2.25. The van der Waals surface area contributed by atoms with Crippen LogP contribution < -0.4 is 25.0 Å². The molecule has 0 bridgehead atoms. The Morgan fingerprint density at radius 1 is 1.12 bits per heavy atom. The minimum absolute atomic E-state index is 0.0870. The van der Waals surface area contributed by atoms with E-state index in [-0.39, 0.29) is 30.2 Å². The van der Waals surface area contributed by atoms with Crippen LogP contribution in [0.5, 0.6) is 17.2 Å². The molecule has 0 saturated carbocycles. The number of rotatable bonds is 7. The number of methoxy groups -OCH3 is 3. The van der Waals surface area contributed by atoms with E-state index in [4.69, 9.17) is 14.2 Å². The molecule has 8 heteroatoms. The van der Waals surface area contributed by atoms with Crippen LogP contribution in [0.4, 0.5) is 5.69 Å². The van der Waals surface area contributed by atoms with Crippen molar-refractivity contribution < 1.29 is 24.1 Å². The molecular weight excluding hydrogens is 328 g/mol. The molecule has 0 radical (unpaired) electrons. The molecule has 2 rings (SSSR count). The highest BCUT2D eigenvalue weighted by atomic mass is 16.5. The summed E-state index contributed by atoms with van der Waals surface area (Å²) >= 11 is 0. The van der Waals surface area contributed by atoms with E-state index in [1.807, 2.05) is 0 Å². The van der Waals surface area contributed by atoms with Crippen molar-refractivity contribution in [1.82, 2.24) is 4.57 Å². The second kappa shape index (κ2) is 8.20. The molecule has 0 aliphatic rings. The van der Waals surface area contributed by atoms with Gasteiger partial charge in [0.05, 0.1) is 39.8 Å². The molecule has 2 N–H and O–H groups in total. The summed E-state index contributed by atoms with van der Waals surface area (Å²) in [4.78, 5) is 24.1. The maximum absolute atomic E-state index is 12.4. The SMILES string of the molecule is COc1ccc(OC)c(NC(=O)Cn2cc(OC)c(=O)cc2CO)c1. The molecule has 1 heterocycles. The molecule has 0 atom stereocenters. The summed E-state index contributed by atoms with van der Waals surface area (Å²) < 4.78 is 16.8. The van der Waals surface area contributed by atoms with Gasteiger partial charge in [-0.25, -0.2) is 0 Å². The van der Waals surface area contributed by atoms with Crippen LogP contribution >= 0.6 is 0 Å². The Morgan fingerprint density at radius 3 is 2.44 bits per heavy atom. The van der Waals surface area contributed by atoms with E-state index in [9.17, 15) is 14.7 Å². The number of hydrogen-bond acceptors (Lipinski definition) is 6. The average molecular weight is 348 g/mol. The zero-order valence-corrected chi connectivity index (χ0v) is 14.2. The first-order valence-electron chi connectivity index (χ1n) is 7.42. The number of aliphatic hydroxyl groups is 1. The number of anilines is 1. The Hall–Kier alpha value is -3.00. The Bertz CT molecular complexity index is 815. The number of pyridine rings is 1. The van der Waals surface area contributed by atoms with Crippen molar-refractivity contribution in [3.8, 4) is 17.2 Å². The largest absolute Gasteiger partial charge is 0.497 e. The fraction of sp³-hybridized carbons (Fsp3) is 0.294. The number of aliphatic hydroxyl groups excluding tert-OH is 1. The van der Waals surface area contributed by atoms with Gasteiger partial charge >= 0.3 is 0 Å². The summed E-state index contributed by atoms with van der Waals surface area (Å²) in [6.07, 6.45) is 1.39. The molecule has 0 unspecified atom stereocenters. The number of nitrogens with zero attached hydrogens (tertiary/aromatic N) is 1. The topological polar surface area (TPSA) is 99.0 Å². The molecule has 1 aromatic heterocycles. The first-order valence-corrected chi connectivity index (χ1v) is 7.42. The van der Waals surface area contributed by atoms with Gasteiger partial charge in [-0.05, 0) is 12.1 Å². The summed E-state index contributed by atoms with van der Waals surface area (Å²) in [5.41, 5.74) is 0.390. The zero-order chi connectivity index (χ0) is 18.4. The van der Waals surface area contributed by atoms with E-state index in [1.54, 1.807) is 18.2 Å². The quantitative estimate of drug-likeness (QED) is 0.775. The molecule has 25 heavy (non-hydrogen) atoms. The lowest BCUT2D eigenvalue weighted by Crippen LogP contribution is -2.23. The molecule has 134 valence electrons. The fourth-order valence-corrected chi connectivity index (χ4v) is 2.29. The summed E-state index contributed by atoms with van der Waals surface area (Å²) in [7, 11) is 4.38. The van der Waals surface area contributed by atoms with Gasteiger partial charge in [-0.3, -0.25) is 9.59 Å². The number of carbonyl (C=O) groups is 1. The summed E-state index contributed by atoms with van der Waals surface area (Å²) in [6.45, 7) is -0.498. The summed E-state index contributed by atoms with van der Waals surface area (Å²) in [6, 6.07) is 6.26. The van der Waals surface area contributed by atoms with Crippen molar-refractivity contribution >= 4 is 11.6 Å². The van der Waals surface area contributed by atoms with Crippen molar-refractivity contribution in [3.63, 3.8) is 0 Å². The molecule has 8 nitrogen and oxygen atoms in total. The molecule has 0 aliphatic heterocycles. The lowest BCUT2D eigenvalue weighted by atomic mass is 10.2. The monoisotopic (exact) mass is 348 g/mol. The number of aromatic nitrogens is 1. The lowest BCUT2D eigenvalue weighted by molar-refractivity contribution is -0.116. The zero-order valence-electron chi connectivity index (χ0n) is 14.2. The second-order valence-electron chi connectivity index (χ2n) is 5.10. The van der Waals surface area contributed by atoms with Gasteiger partial charge in [0.25, 0.3) is 0 Å². The summed E-state index contributed by atoms with van der Waals surface area (Å²) in [5, 5.41) is 12.1. The molecule has 0 aliphatic carbocycles. The predicted molar refractivity (Wildman–Crippen MR) is 91.4 cm³/mol. The number of hydrogen-bond donors (Lipinski definition) is 2. The number of carbonyl (C=O) groups excluding carboxylic acids is 1. The van der Waals surface area contributed by atoms with E-state index >= 15 is 0 Å². The van der Waals surface area contributed by atoms with Gasteiger partial charge in [0, 0.05) is 17.8 Å². The number of nitrogens with one attached hydrogen (secondary N) is 1. The second-order valence-corrected chi connectivity index (χ2v) is 5.10. The van der Waals surface area contributed by atoms with Gasteiger partial charge in [-0.2, -0.15) is 0 Å². The van der Waals surface area contributed by atoms with Crippen LogP contribution in [0.3, 0.4) is 0 Å². The molecule has 0 fully saturated rings. The Kier molecular flexibility index (Phi) is 6.02. The number of ether oxygens (including phenoxy) is 3. The number of amides is 1. The van der Waals surface area contributed by atoms with Crippen molar-refractivity contribution in [3.05, 3.63) is 46.4 Å². The van der Waals surface area contributed by atoms with Crippen molar-refractivity contribution in [1.29, 1.82) is 0 Å². The standard InChI is InChI=1S/C17H20N2O6/c1-23-12-4-5-15(24-2)13(7-12)18-17(22)9-19-8-16(25-3)14(21)6-11(19)10-20/h4-8,20H,9-10H2,1-3H3,(H,18,22). The van der Waals surface area contributed by atoms with Crippen LogP contribution in [-0.4, -0.2) is 36.9 Å². The Labute approximate surface area is 144 Å². The third-order valence-electron chi connectivity index (χ3n) is 3.56. The van der Waals surface area contributed by atoms with Crippen molar-refractivity contribution in [2.24, 2.45) is 0 Å². The van der Waals surface area contributed by atoms with Crippen molar-refractivity contribution in [2.75, 3.05) is 26.6 Å². The van der Waals surface area contributed by atoms with Crippen LogP contribution in [0, 0.1) is 0 Å². The highest BCUT2D eigenvalue weighted by Crippen LogP contribution is 2.28. The maximum atomic E-state index is 12.4. The van der Waals surface area contributed by atoms with Crippen LogP contribution in [-0.2, 0) is 17.9 Å². The minimum Gasteiger partial charge on any atom is -0.497 e. The van der Waals surface area contributed by atoms with Crippen LogP contribution in [0.25, 0.3) is 0 Å². The van der Waals surface area contributed by atoms with Gasteiger partial charge in [-0.15, -0.1) is 0 Å². The van der Waals surface area contributed by atoms with Gasteiger partial charge < -0.3 is 29.2 Å². The Morgan fingerprint density at radius 2 is 1.84 bits per heavy atom. The molecule has 1 aromatic carbocycles. The molecule has 0 saturated heterocycles. The third-order valence-corrected chi connectivity index (χ3v) is 3.56. The molecular formula is C17H20N2O6. The van der Waals surface area contributed by atoms with Gasteiger partial charge in [0.2, 0.25) is 11.3 Å². The van der Waals surface area contributed by atoms with E-state index in [0.29, 0.717) is 22.9 Å². The smallest absolute Gasteiger partial charge is 0.244 e. The predicted octanol–water partition coefficient (Wildman–Crippen LogP) is 1.01. The molecule has 2 aromatic rings. The normalized spacial score (nSPS) is 10.2. The molecule has 1 amide bonds. The lowest BCUT2D eigenvalue weighted by Gasteiger charge is -2.15.